The van der Waals surface area contributed by atoms with Gasteiger partial charge in [-0.2, -0.15) is 0 Å². The van der Waals surface area contributed by atoms with Crippen molar-refractivity contribution in [2.45, 2.75) is 50.0 Å². The van der Waals surface area contributed by atoms with Crippen molar-refractivity contribution in [1.82, 2.24) is 9.97 Å². The fourth-order valence-corrected chi connectivity index (χ4v) is 3.75. The number of rotatable bonds is 2. The SMILES string of the molecule is O=C1OCC2(CCN(c3nccc(C4CCCC4)n3)CC2)O1. The van der Waals surface area contributed by atoms with Crippen molar-refractivity contribution in [2.24, 2.45) is 0 Å². The number of anilines is 1. The Morgan fingerprint density at radius 1 is 1.23 bits per heavy atom. The Labute approximate surface area is 129 Å². The molecule has 22 heavy (non-hydrogen) atoms. The van der Waals surface area contributed by atoms with Gasteiger partial charge in [-0.1, -0.05) is 12.8 Å². The zero-order valence-electron chi connectivity index (χ0n) is 12.7. The summed E-state index contributed by atoms with van der Waals surface area (Å²) in [6, 6.07) is 2.05. The maximum atomic E-state index is 11.2. The summed E-state index contributed by atoms with van der Waals surface area (Å²) >= 11 is 0. The van der Waals surface area contributed by atoms with Crippen LogP contribution in [0.1, 0.15) is 50.1 Å². The molecule has 0 radical (unpaired) electrons. The molecule has 0 aromatic carbocycles. The lowest BCUT2D eigenvalue weighted by atomic mass is 9.92. The number of cyclic esters (lactones) is 1. The van der Waals surface area contributed by atoms with Crippen LogP contribution in [0.5, 0.6) is 0 Å². The number of hydrogen-bond donors (Lipinski definition) is 0. The van der Waals surface area contributed by atoms with Crippen molar-refractivity contribution >= 4 is 12.1 Å². The minimum Gasteiger partial charge on any atom is -0.430 e. The largest absolute Gasteiger partial charge is 0.509 e. The Hall–Kier alpha value is -1.85. The van der Waals surface area contributed by atoms with Crippen LogP contribution in [0.4, 0.5) is 10.7 Å². The summed E-state index contributed by atoms with van der Waals surface area (Å²) in [6.45, 7) is 1.97. The average molecular weight is 303 g/mol. The van der Waals surface area contributed by atoms with Gasteiger partial charge in [0.1, 0.15) is 6.61 Å². The summed E-state index contributed by atoms with van der Waals surface area (Å²) in [7, 11) is 0. The average Bonchev–Trinajstić information content (AvgIpc) is 3.19. The first kappa shape index (κ1) is 13.8. The second kappa shape index (κ2) is 5.41. The highest BCUT2D eigenvalue weighted by molar-refractivity contribution is 5.62. The molecule has 1 aromatic heterocycles. The first-order chi connectivity index (χ1) is 10.7. The number of carbonyl (C=O) groups excluding carboxylic acids is 1. The molecule has 1 aromatic rings. The van der Waals surface area contributed by atoms with E-state index in [4.69, 9.17) is 14.5 Å². The Bertz CT molecular complexity index is 564. The Morgan fingerprint density at radius 3 is 2.68 bits per heavy atom. The molecule has 6 nitrogen and oxygen atoms in total. The van der Waals surface area contributed by atoms with Gasteiger partial charge in [0.2, 0.25) is 5.95 Å². The molecule has 0 unspecified atom stereocenters. The van der Waals surface area contributed by atoms with Crippen molar-refractivity contribution in [3.05, 3.63) is 18.0 Å². The first-order valence-electron chi connectivity index (χ1n) is 8.18. The maximum absolute atomic E-state index is 11.2. The molecule has 3 aliphatic rings. The zero-order valence-corrected chi connectivity index (χ0v) is 12.7. The second-order valence-electron chi connectivity index (χ2n) is 6.57. The molecular weight excluding hydrogens is 282 g/mol. The third-order valence-electron chi connectivity index (χ3n) is 5.15. The van der Waals surface area contributed by atoms with Crippen molar-refractivity contribution in [2.75, 3.05) is 24.6 Å². The van der Waals surface area contributed by atoms with E-state index in [0.717, 1.165) is 31.9 Å². The summed E-state index contributed by atoms with van der Waals surface area (Å²) in [6.07, 6.45) is 7.99. The minimum absolute atomic E-state index is 0.378. The van der Waals surface area contributed by atoms with Gasteiger partial charge in [0.05, 0.1) is 0 Å². The lowest BCUT2D eigenvalue weighted by molar-refractivity contribution is 0.0364. The van der Waals surface area contributed by atoms with Crippen LogP contribution in [-0.2, 0) is 9.47 Å². The second-order valence-corrected chi connectivity index (χ2v) is 6.57. The molecule has 0 atom stereocenters. The van der Waals surface area contributed by atoms with Gasteiger partial charge < -0.3 is 14.4 Å². The predicted octanol–water partition coefficient (Wildman–Crippen LogP) is 2.64. The normalized spacial score (nSPS) is 24.5. The van der Waals surface area contributed by atoms with Crippen molar-refractivity contribution in [3.63, 3.8) is 0 Å². The molecule has 3 fully saturated rings. The van der Waals surface area contributed by atoms with E-state index in [9.17, 15) is 4.79 Å². The number of piperidine rings is 1. The molecule has 2 saturated heterocycles. The van der Waals surface area contributed by atoms with E-state index in [2.05, 4.69) is 16.0 Å². The highest BCUT2D eigenvalue weighted by Gasteiger charge is 2.45. The fraction of sp³-hybridized carbons (Fsp3) is 0.688. The minimum atomic E-state index is -0.534. The van der Waals surface area contributed by atoms with Gasteiger partial charge in [-0.15, -0.1) is 0 Å². The number of hydrogen-bond acceptors (Lipinski definition) is 6. The molecule has 1 spiro atoms. The highest BCUT2D eigenvalue weighted by Crippen LogP contribution is 2.35. The summed E-state index contributed by atoms with van der Waals surface area (Å²) in [5, 5.41) is 0. The van der Waals surface area contributed by atoms with Gasteiger partial charge in [0, 0.05) is 43.7 Å². The maximum Gasteiger partial charge on any atom is 0.509 e. The Morgan fingerprint density at radius 2 is 2.00 bits per heavy atom. The van der Waals surface area contributed by atoms with Gasteiger partial charge in [-0.05, 0) is 18.9 Å². The molecule has 3 heterocycles. The third-order valence-corrected chi connectivity index (χ3v) is 5.15. The summed E-state index contributed by atoms with van der Waals surface area (Å²) in [5.41, 5.74) is 0.759. The molecule has 6 heteroatoms. The smallest absolute Gasteiger partial charge is 0.430 e. The van der Waals surface area contributed by atoms with Gasteiger partial charge in [0.25, 0.3) is 0 Å². The van der Waals surface area contributed by atoms with Gasteiger partial charge >= 0.3 is 6.16 Å². The van der Waals surface area contributed by atoms with Gasteiger partial charge in [-0.25, -0.2) is 14.8 Å². The lowest BCUT2D eigenvalue weighted by Crippen LogP contribution is -2.46. The standard InChI is InChI=1S/C16H21N3O3/c20-15-21-11-16(22-15)6-9-19(10-7-16)14-17-8-5-13(18-14)12-3-1-2-4-12/h5,8,12H,1-4,6-7,9-11H2. The number of nitrogens with zero attached hydrogens (tertiary/aromatic N) is 3. The molecule has 0 amide bonds. The number of aromatic nitrogens is 2. The van der Waals surface area contributed by atoms with E-state index in [-0.39, 0.29) is 0 Å². The van der Waals surface area contributed by atoms with Gasteiger partial charge in [0.15, 0.2) is 5.60 Å². The molecule has 2 aliphatic heterocycles. The Kier molecular flexibility index (Phi) is 3.39. The fourth-order valence-electron chi connectivity index (χ4n) is 3.75. The van der Waals surface area contributed by atoms with Crippen molar-refractivity contribution < 1.29 is 14.3 Å². The molecule has 0 N–H and O–H groups in total. The number of ether oxygens (including phenoxy) is 2. The van der Waals surface area contributed by atoms with Crippen LogP contribution >= 0.6 is 0 Å². The van der Waals surface area contributed by atoms with E-state index in [0.29, 0.717) is 12.5 Å². The molecule has 4 rings (SSSR count). The highest BCUT2D eigenvalue weighted by atomic mass is 16.8. The van der Waals surface area contributed by atoms with Crippen LogP contribution in [0.25, 0.3) is 0 Å². The monoisotopic (exact) mass is 303 g/mol. The molecular formula is C16H21N3O3. The van der Waals surface area contributed by atoms with Crippen LogP contribution in [-0.4, -0.2) is 41.4 Å². The van der Waals surface area contributed by atoms with Crippen LogP contribution in [0.15, 0.2) is 12.3 Å². The van der Waals surface area contributed by atoms with Crippen LogP contribution in [0.3, 0.4) is 0 Å². The molecule has 118 valence electrons. The van der Waals surface area contributed by atoms with Crippen LogP contribution < -0.4 is 4.90 Å². The third kappa shape index (κ3) is 2.51. The van der Waals surface area contributed by atoms with Crippen LogP contribution in [0.2, 0.25) is 0 Å². The topological polar surface area (TPSA) is 64.5 Å². The van der Waals surface area contributed by atoms with Gasteiger partial charge in [-0.3, -0.25) is 0 Å². The molecule has 1 aliphatic carbocycles. The van der Waals surface area contributed by atoms with E-state index in [1.165, 1.54) is 31.4 Å². The van der Waals surface area contributed by atoms with E-state index in [1.807, 2.05) is 6.20 Å². The molecule has 1 saturated carbocycles. The summed E-state index contributed by atoms with van der Waals surface area (Å²) in [5.74, 6) is 1.41. The number of carbonyl (C=O) groups is 1. The lowest BCUT2D eigenvalue weighted by Gasteiger charge is -2.36. The predicted molar refractivity (Wildman–Crippen MR) is 79.9 cm³/mol. The van der Waals surface area contributed by atoms with E-state index in [1.54, 1.807) is 0 Å². The van der Waals surface area contributed by atoms with E-state index < -0.39 is 11.8 Å². The molecule has 0 bridgehead atoms. The zero-order chi connectivity index (χ0) is 15.0. The Balaban J connectivity index is 1.45. The first-order valence-corrected chi connectivity index (χ1v) is 8.18. The van der Waals surface area contributed by atoms with Crippen molar-refractivity contribution in [1.29, 1.82) is 0 Å². The summed E-state index contributed by atoms with van der Waals surface area (Å²) < 4.78 is 10.3. The van der Waals surface area contributed by atoms with E-state index >= 15 is 0 Å². The quantitative estimate of drug-likeness (QED) is 0.783. The van der Waals surface area contributed by atoms with Crippen molar-refractivity contribution in [3.8, 4) is 0 Å². The summed E-state index contributed by atoms with van der Waals surface area (Å²) in [4.78, 5) is 22.6. The van der Waals surface area contributed by atoms with Crippen LogP contribution in [0, 0.1) is 0 Å².